The summed E-state index contributed by atoms with van der Waals surface area (Å²) in [7, 11) is 0. The van der Waals surface area contributed by atoms with E-state index in [1.807, 2.05) is 0 Å². The molecule has 11 heteroatoms. The Kier molecular flexibility index (Phi) is 6.16. The molecule has 168 valence electrons. The molecule has 1 aromatic heterocycles. The molecule has 1 aromatic carbocycles. The van der Waals surface area contributed by atoms with Crippen LogP contribution < -0.4 is 5.73 Å². The van der Waals surface area contributed by atoms with Crippen LogP contribution in [0.1, 0.15) is 33.6 Å². The lowest BCUT2D eigenvalue weighted by Crippen LogP contribution is -2.48. The quantitative estimate of drug-likeness (QED) is 0.416. The highest BCUT2D eigenvalue weighted by molar-refractivity contribution is 5.97. The molecule has 0 saturated heterocycles. The van der Waals surface area contributed by atoms with E-state index in [4.69, 9.17) is 12.3 Å². The van der Waals surface area contributed by atoms with Crippen LogP contribution in [0, 0.1) is 19.3 Å². The molecule has 1 aliphatic heterocycles. The molecule has 2 aromatic rings. The maximum atomic E-state index is 14.6. The van der Waals surface area contributed by atoms with Gasteiger partial charge in [0.1, 0.15) is 23.7 Å². The fourth-order valence-corrected chi connectivity index (χ4v) is 3.51. The van der Waals surface area contributed by atoms with Crippen LogP contribution >= 0.6 is 0 Å². The number of carbonyl (C=O) groups is 1. The zero-order valence-electron chi connectivity index (χ0n) is 16.7. The number of aliphatic imine (C=N–C) groups is 1. The van der Waals surface area contributed by atoms with Crippen molar-refractivity contribution in [1.82, 2.24) is 4.98 Å². The number of rotatable bonds is 5. The Balaban J connectivity index is 1.97. The lowest BCUT2D eigenvalue weighted by molar-refractivity contribution is -0.209. The van der Waals surface area contributed by atoms with Crippen LogP contribution in [0.2, 0.25) is 0 Å². The Bertz CT molecular complexity index is 1130. The van der Waals surface area contributed by atoms with Crippen molar-refractivity contribution in [2.75, 3.05) is 6.67 Å². The second-order valence-corrected chi connectivity index (χ2v) is 7.35. The van der Waals surface area contributed by atoms with E-state index in [2.05, 4.69) is 19.6 Å². The van der Waals surface area contributed by atoms with Crippen molar-refractivity contribution < 1.29 is 31.5 Å². The molecular formula is C21H17F5N4O2. The molecule has 0 radical (unpaired) electrons. The third kappa shape index (κ3) is 4.54. The highest BCUT2D eigenvalue weighted by Crippen LogP contribution is 2.41. The third-order valence-electron chi connectivity index (χ3n) is 5.05. The van der Waals surface area contributed by atoms with Gasteiger partial charge in [0.05, 0.1) is 6.57 Å². The second kappa shape index (κ2) is 8.53. The number of aromatic nitrogens is 1. The van der Waals surface area contributed by atoms with E-state index < -0.39 is 54.1 Å². The SMILES string of the molecule is [C-]#[N+]c1cnc(C(=O)Cc2ccc(F)c([C@]3(CF)C[C@@H](C(F)(F)F)OC(N)=N3)c2)c(C)c1. The van der Waals surface area contributed by atoms with Crippen molar-refractivity contribution in [2.24, 2.45) is 10.7 Å². The number of halogens is 5. The number of nitrogens with zero attached hydrogens (tertiary/aromatic N) is 3. The van der Waals surface area contributed by atoms with Gasteiger partial charge in [0.2, 0.25) is 5.69 Å². The third-order valence-corrected chi connectivity index (χ3v) is 5.05. The van der Waals surface area contributed by atoms with Crippen LogP contribution in [0.5, 0.6) is 0 Å². The largest absolute Gasteiger partial charge is 0.452 e. The molecule has 6 nitrogen and oxygen atoms in total. The zero-order chi connectivity index (χ0) is 23.7. The van der Waals surface area contributed by atoms with Gasteiger partial charge in [0, 0.05) is 24.6 Å². The van der Waals surface area contributed by atoms with Crippen LogP contribution in [-0.4, -0.2) is 35.7 Å². The first kappa shape index (κ1) is 23.1. The average Bonchev–Trinajstić information content (AvgIpc) is 2.73. The van der Waals surface area contributed by atoms with Crippen molar-refractivity contribution in [3.8, 4) is 0 Å². The van der Waals surface area contributed by atoms with Gasteiger partial charge in [-0.15, -0.1) is 0 Å². The predicted octanol–water partition coefficient (Wildman–Crippen LogP) is 4.34. The molecule has 2 N–H and O–H groups in total. The minimum absolute atomic E-state index is 0.0916. The van der Waals surface area contributed by atoms with Crippen molar-refractivity contribution in [3.05, 3.63) is 70.1 Å². The van der Waals surface area contributed by atoms with Gasteiger partial charge in [-0.25, -0.2) is 18.6 Å². The fraction of sp³-hybridized carbons (Fsp3) is 0.333. The number of nitrogens with two attached hydrogens (primary N) is 1. The van der Waals surface area contributed by atoms with Crippen LogP contribution in [0.4, 0.5) is 27.6 Å². The summed E-state index contributed by atoms with van der Waals surface area (Å²) in [6, 6.07) is 3.88. The molecule has 0 unspecified atom stereocenters. The van der Waals surface area contributed by atoms with Gasteiger partial charge in [-0.05, 0) is 36.2 Å². The van der Waals surface area contributed by atoms with E-state index in [-0.39, 0.29) is 23.4 Å². The molecule has 0 bridgehead atoms. The summed E-state index contributed by atoms with van der Waals surface area (Å²) in [4.78, 5) is 23.5. The van der Waals surface area contributed by atoms with E-state index in [9.17, 15) is 26.7 Å². The van der Waals surface area contributed by atoms with Crippen molar-refractivity contribution >= 4 is 17.5 Å². The number of hydrogen-bond acceptors (Lipinski definition) is 5. The van der Waals surface area contributed by atoms with E-state index in [1.54, 1.807) is 6.92 Å². The molecule has 0 spiro atoms. The monoisotopic (exact) mass is 452 g/mol. The topological polar surface area (TPSA) is 81.9 Å². The first-order valence-electron chi connectivity index (χ1n) is 9.30. The highest BCUT2D eigenvalue weighted by atomic mass is 19.4. The van der Waals surface area contributed by atoms with Crippen LogP contribution in [-0.2, 0) is 16.7 Å². The van der Waals surface area contributed by atoms with E-state index >= 15 is 0 Å². The van der Waals surface area contributed by atoms with Gasteiger partial charge < -0.3 is 10.5 Å². The molecule has 3 rings (SSSR count). The summed E-state index contributed by atoms with van der Waals surface area (Å²) in [6.07, 6.45) is -7.39. The molecule has 2 atom stereocenters. The van der Waals surface area contributed by atoms with Crippen LogP contribution in [0.15, 0.2) is 35.5 Å². The number of ketones is 1. The first-order valence-corrected chi connectivity index (χ1v) is 9.30. The number of carbonyl (C=O) groups excluding carboxylic acids is 1. The minimum atomic E-state index is -4.87. The normalized spacial score (nSPS) is 20.8. The Morgan fingerprint density at radius 3 is 2.69 bits per heavy atom. The Labute approximate surface area is 179 Å². The molecule has 0 saturated carbocycles. The number of ether oxygens (including phenoxy) is 1. The molecule has 0 aliphatic carbocycles. The molecule has 2 heterocycles. The maximum absolute atomic E-state index is 14.6. The van der Waals surface area contributed by atoms with Gasteiger partial charge in [-0.3, -0.25) is 9.78 Å². The van der Waals surface area contributed by atoms with Crippen LogP contribution in [0.3, 0.4) is 0 Å². The fourth-order valence-electron chi connectivity index (χ4n) is 3.51. The Hall–Kier alpha value is -3.55. The number of benzene rings is 1. The van der Waals surface area contributed by atoms with E-state index in [0.29, 0.717) is 5.56 Å². The first-order chi connectivity index (χ1) is 15.0. The lowest BCUT2D eigenvalue weighted by Gasteiger charge is -2.36. The van der Waals surface area contributed by atoms with Gasteiger partial charge in [0.15, 0.2) is 11.9 Å². The van der Waals surface area contributed by atoms with Gasteiger partial charge in [-0.1, -0.05) is 6.07 Å². The minimum Gasteiger partial charge on any atom is -0.452 e. The van der Waals surface area contributed by atoms with Crippen molar-refractivity contribution in [1.29, 1.82) is 0 Å². The van der Waals surface area contributed by atoms with Gasteiger partial charge >= 0.3 is 6.18 Å². The van der Waals surface area contributed by atoms with Gasteiger partial charge in [-0.2, -0.15) is 13.2 Å². The molecule has 1 aliphatic rings. The standard InChI is InChI=1S/C21H17F5N4O2/c1-11-5-13(28-2)9-29-18(11)16(31)7-12-3-4-15(23)14(6-12)20(10-22)8-17(21(24,25)26)32-19(27)30-20/h3-6,9,17H,7-8,10H2,1H3,(H2,27,30)/t17-,20+/m0/s1. The summed E-state index contributed by atoms with van der Waals surface area (Å²) in [5.41, 5.74) is 3.66. The summed E-state index contributed by atoms with van der Waals surface area (Å²) < 4.78 is 72.8. The predicted molar refractivity (Wildman–Crippen MR) is 104 cm³/mol. The number of hydrogen-bond donors (Lipinski definition) is 1. The summed E-state index contributed by atoms with van der Waals surface area (Å²) in [5.74, 6) is -1.46. The summed E-state index contributed by atoms with van der Waals surface area (Å²) in [6.45, 7) is 7.11. The van der Waals surface area contributed by atoms with Crippen molar-refractivity contribution in [3.63, 3.8) is 0 Å². The second-order valence-electron chi connectivity index (χ2n) is 7.35. The summed E-state index contributed by atoms with van der Waals surface area (Å²) >= 11 is 0. The number of amidine groups is 1. The smallest absolute Gasteiger partial charge is 0.425 e. The summed E-state index contributed by atoms with van der Waals surface area (Å²) in [5, 5.41) is 0. The lowest BCUT2D eigenvalue weighted by atomic mass is 9.83. The maximum Gasteiger partial charge on any atom is 0.425 e. The van der Waals surface area contributed by atoms with E-state index in [1.165, 1.54) is 18.3 Å². The molecular weight excluding hydrogens is 435 g/mol. The molecule has 0 fully saturated rings. The number of Topliss-reactive ketones (excluding diaryl/α,β-unsaturated/α-hetero) is 1. The highest BCUT2D eigenvalue weighted by Gasteiger charge is 2.52. The average molecular weight is 452 g/mol. The van der Waals surface area contributed by atoms with Gasteiger partial charge in [0.25, 0.3) is 6.02 Å². The number of aryl methyl sites for hydroxylation is 1. The van der Waals surface area contributed by atoms with Crippen LogP contribution in [0.25, 0.3) is 4.85 Å². The number of pyridine rings is 1. The molecule has 0 amide bonds. The number of alkyl halides is 4. The molecule has 32 heavy (non-hydrogen) atoms. The van der Waals surface area contributed by atoms with Crippen molar-refractivity contribution in [2.45, 2.75) is 37.6 Å². The Morgan fingerprint density at radius 2 is 2.09 bits per heavy atom. The van der Waals surface area contributed by atoms with E-state index in [0.717, 1.165) is 12.1 Å². The zero-order valence-corrected chi connectivity index (χ0v) is 16.7. The Morgan fingerprint density at radius 1 is 1.38 bits per heavy atom.